The molecule has 0 spiro atoms. The molecule has 0 atom stereocenters. The van der Waals surface area contributed by atoms with Crippen molar-refractivity contribution >= 4 is 33.3 Å². The molecular weight excluding hydrogens is 406 g/mol. The van der Waals surface area contributed by atoms with Crippen LogP contribution in [0.5, 0.6) is 0 Å². The van der Waals surface area contributed by atoms with Crippen LogP contribution in [0.2, 0.25) is 0 Å². The van der Waals surface area contributed by atoms with E-state index in [9.17, 15) is 18.0 Å². The van der Waals surface area contributed by atoms with Gasteiger partial charge in [-0.05, 0) is 43.2 Å². The van der Waals surface area contributed by atoms with Gasteiger partial charge in [0.25, 0.3) is 5.91 Å². The van der Waals surface area contributed by atoms with E-state index in [0.717, 1.165) is 12.8 Å². The highest BCUT2D eigenvalue weighted by molar-refractivity contribution is 7.89. The number of amides is 3. The summed E-state index contributed by atoms with van der Waals surface area (Å²) >= 11 is 0. The Balaban J connectivity index is 1.67. The second-order valence-corrected chi connectivity index (χ2v) is 8.88. The Labute approximate surface area is 175 Å². The molecule has 0 aliphatic carbocycles. The predicted molar refractivity (Wildman–Crippen MR) is 115 cm³/mol. The number of hydrogen-bond donors (Lipinski definition) is 3. The van der Waals surface area contributed by atoms with Gasteiger partial charge in [-0.2, -0.15) is 4.31 Å². The van der Waals surface area contributed by atoms with Gasteiger partial charge in [0.2, 0.25) is 10.0 Å². The standard InChI is InChI=1S/C20H25N5O4S/c1-3-10-21-20(27)23-16-8-6-15(7-9-16)22-19(26)18-13-17(14-24(18)2)30(28,29)25-11-4-5-12-25/h3,6-9,13-14H,1,4-5,10-12H2,2H3,(H,22,26)(H2,21,23,27). The van der Waals surface area contributed by atoms with Crippen LogP contribution in [-0.4, -0.2) is 48.9 Å². The normalized spacial score (nSPS) is 14.3. The summed E-state index contributed by atoms with van der Waals surface area (Å²) in [6.07, 6.45) is 4.72. The van der Waals surface area contributed by atoms with Crippen LogP contribution >= 0.6 is 0 Å². The quantitative estimate of drug-likeness (QED) is 0.584. The molecule has 1 saturated heterocycles. The van der Waals surface area contributed by atoms with Crippen molar-refractivity contribution < 1.29 is 18.0 Å². The third-order valence-electron chi connectivity index (χ3n) is 4.72. The van der Waals surface area contributed by atoms with Crippen LogP contribution in [-0.2, 0) is 17.1 Å². The van der Waals surface area contributed by atoms with Gasteiger partial charge in [0.15, 0.2) is 0 Å². The first-order valence-corrected chi connectivity index (χ1v) is 11.0. The maximum atomic E-state index is 12.7. The smallest absolute Gasteiger partial charge is 0.319 e. The Hall–Kier alpha value is -3.11. The minimum Gasteiger partial charge on any atom is -0.345 e. The number of aromatic nitrogens is 1. The van der Waals surface area contributed by atoms with E-state index in [1.54, 1.807) is 37.4 Å². The summed E-state index contributed by atoms with van der Waals surface area (Å²) < 4.78 is 28.4. The Morgan fingerprint density at radius 3 is 2.30 bits per heavy atom. The zero-order valence-electron chi connectivity index (χ0n) is 16.7. The highest BCUT2D eigenvalue weighted by Gasteiger charge is 2.29. The Bertz CT molecular complexity index is 1040. The van der Waals surface area contributed by atoms with Gasteiger partial charge >= 0.3 is 6.03 Å². The van der Waals surface area contributed by atoms with Crippen molar-refractivity contribution in [3.05, 3.63) is 54.9 Å². The maximum Gasteiger partial charge on any atom is 0.319 e. The number of nitrogens with one attached hydrogen (secondary N) is 3. The molecule has 160 valence electrons. The lowest BCUT2D eigenvalue weighted by Gasteiger charge is -2.13. The highest BCUT2D eigenvalue weighted by atomic mass is 32.2. The van der Waals surface area contributed by atoms with Crippen molar-refractivity contribution in [2.45, 2.75) is 17.7 Å². The molecular formula is C20H25N5O4S. The molecule has 10 heteroatoms. The highest BCUT2D eigenvalue weighted by Crippen LogP contribution is 2.23. The minimum absolute atomic E-state index is 0.113. The van der Waals surface area contributed by atoms with Gasteiger partial charge in [-0.3, -0.25) is 4.79 Å². The lowest BCUT2D eigenvalue weighted by Crippen LogP contribution is -2.28. The average Bonchev–Trinajstić information content (AvgIpc) is 3.38. The molecule has 1 aromatic heterocycles. The number of carbonyl (C=O) groups is 2. The van der Waals surface area contributed by atoms with E-state index in [4.69, 9.17) is 0 Å². The Morgan fingerprint density at radius 1 is 1.10 bits per heavy atom. The first-order chi connectivity index (χ1) is 14.3. The molecule has 0 radical (unpaired) electrons. The Kier molecular flexibility index (Phi) is 6.58. The molecule has 0 bridgehead atoms. The summed E-state index contributed by atoms with van der Waals surface area (Å²) in [5.41, 5.74) is 1.31. The van der Waals surface area contributed by atoms with Crippen molar-refractivity contribution in [2.24, 2.45) is 7.05 Å². The van der Waals surface area contributed by atoms with Crippen LogP contribution in [0.3, 0.4) is 0 Å². The molecule has 9 nitrogen and oxygen atoms in total. The maximum absolute atomic E-state index is 12.7. The number of urea groups is 1. The number of sulfonamides is 1. The second kappa shape index (κ2) is 9.14. The molecule has 1 aliphatic rings. The number of hydrogen-bond acceptors (Lipinski definition) is 4. The van der Waals surface area contributed by atoms with Gasteiger partial charge in [-0.25, -0.2) is 13.2 Å². The fourth-order valence-electron chi connectivity index (χ4n) is 3.15. The molecule has 2 heterocycles. The van der Waals surface area contributed by atoms with E-state index in [0.29, 0.717) is 31.0 Å². The summed E-state index contributed by atoms with van der Waals surface area (Å²) in [5.74, 6) is -0.426. The van der Waals surface area contributed by atoms with Crippen LogP contribution in [0, 0.1) is 0 Å². The van der Waals surface area contributed by atoms with Gasteiger partial charge in [0, 0.05) is 44.3 Å². The lowest BCUT2D eigenvalue weighted by molar-refractivity contribution is 0.101. The third-order valence-corrected chi connectivity index (χ3v) is 6.59. The van der Waals surface area contributed by atoms with Crippen molar-refractivity contribution in [3.63, 3.8) is 0 Å². The number of nitrogens with zero attached hydrogens (tertiary/aromatic N) is 2. The molecule has 2 aromatic rings. The topological polar surface area (TPSA) is 113 Å². The van der Waals surface area contributed by atoms with Crippen LogP contribution in [0.25, 0.3) is 0 Å². The third kappa shape index (κ3) is 4.89. The van der Waals surface area contributed by atoms with E-state index in [2.05, 4.69) is 22.5 Å². The van der Waals surface area contributed by atoms with Gasteiger partial charge in [0.1, 0.15) is 10.6 Å². The second-order valence-electron chi connectivity index (χ2n) is 6.94. The number of carbonyl (C=O) groups excluding carboxylic acids is 2. The summed E-state index contributed by atoms with van der Waals surface area (Å²) in [6.45, 7) is 4.89. The predicted octanol–water partition coefficient (Wildman–Crippen LogP) is 2.37. The van der Waals surface area contributed by atoms with E-state index in [1.807, 2.05) is 0 Å². The summed E-state index contributed by atoms with van der Waals surface area (Å²) in [7, 11) is -1.96. The van der Waals surface area contributed by atoms with Gasteiger partial charge in [-0.15, -0.1) is 6.58 Å². The number of aryl methyl sites for hydroxylation is 1. The molecule has 3 N–H and O–H groups in total. The summed E-state index contributed by atoms with van der Waals surface area (Å²) in [4.78, 5) is 24.4. The first kappa shape index (κ1) is 21.6. The van der Waals surface area contributed by atoms with Crippen molar-refractivity contribution in [2.75, 3.05) is 30.3 Å². The fraction of sp³-hybridized carbons (Fsp3) is 0.300. The van der Waals surface area contributed by atoms with Gasteiger partial charge < -0.3 is 20.5 Å². The monoisotopic (exact) mass is 431 g/mol. The van der Waals surface area contributed by atoms with Crippen LogP contribution in [0.1, 0.15) is 23.3 Å². The van der Waals surface area contributed by atoms with E-state index in [-0.39, 0.29) is 16.6 Å². The van der Waals surface area contributed by atoms with Gasteiger partial charge in [-0.1, -0.05) is 6.08 Å². The average molecular weight is 432 g/mol. The minimum atomic E-state index is -3.59. The van der Waals surface area contributed by atoms with Gasteiger partial charge in [0.05, 0.1) is 0 Å². The SMILES string of the molecule is C=CCNC(=O)Nc1ccc(NC(=O)c2cc(S(=O)(=O)N3CCCC3)cn2C)cc1. The first-order valence-electron chi connectivity index (χ1n) is 9.55. The molecule has 0 saturated carbocycles. The van der Waals surface area contributed by atoms with Crippen LogP contribution < -0.4 is 16.0 Å². The van der Waals surface area contributed by atoms with E-state index < -0.39 is 15.9 Å². The number of rotatable bonds is 7. The Morgan fingerprint density at radius 2 is 1.70 bits per heavy atom. The number of benzene rings is 1. The molecule has 30 heavy (non-hydrogen) atoms. The van der Waals surface area contributed by atoms with E-state index in [1.165, 1.54) is 21.1 Å². The van der Waals surface area contributed by atoms with Crippen molar-refractivity contribution in [1.82, 2.24) is 14.2 Å². The van der Waals surface area contributed by atoms with Crippen molar-refractivity contribution in [3.8, 4) is 0 Å². The zero-order valence-corrected chi connectivity index (χ0v) is 17.5. The van der Waals surface area contributed by atoms with Crippen LogP contribution in [0.15, 0.2) is 54.1 Å². The number of anilines is 2. The summed E-state index contributed by atoms with van der Waals surface area (Å²) in [6, 6.07) is 7.62. The largest absolute Gasteiger partial charge is 0.345 e. The van der Waals surface area contributed by atoms with Crippen molar-refractivity contribution in [1.29, 1.82) is 0 Å². The zero-order chi connectivity index (χ0) is 21.7. The fourth-order valence-corrected chi connectivity index (χ4v) is 4.74. The lowest BCUT2D eigenvalue weighted by atomic mass is 10.2. The van der Waals surface area contributed by atoms with E-state index >= 15 is 0 Å². The molecule has 0 unspecified atom stereocenters. The molecule has 1 fully saturated rings. The molecule has 3 rings (SSSR count). The summed E-state index contributed by atoms with van der Waals surface area (Å²) in [5, 5.41) is 7.99. The van der Waals surface area contributed by atoms with Crippen LogP contribution in [0.4, 0.5) is 16.2 Å². The molecule has 1 aliphatic heterocycles. The molecule has 1 aromatic carbocycles. The molecule has 3 amide bonds.